The lowest BCUT2D eigenvalue weighted by atomic mass is 10.2. The monoisotopic (exact) mass is 300 g/mol. The van der Waals surface area contributed by atoms with Gasteiger partial charge in [0.1, 0.15) is 0 Å². The van der Waals surface area contributed by atoms with Gasteiger partial charge in [0, 0.05) is 32.3 Å². The van der Waals surface area contributed by atoms with Crippen LogP contribution in [0.2, 0.25) is 0 Å². The van der Waals surface area contributed by atoms with Crippen LogP contribution in [0.3, 0.4) is 0 Å². The highest BCUT2D eigenvalue weighted by Gasteiger charge is 2.22. The van der Waals surface area contributed by atoms with Gasteiger partial charge in [0.2, 0.25) is 10.0 Å². The van der Waals surface area contributed by atoms with Crippen molar-refractivity contribution in [1.29, 1.82) is 0 Å². The predicted octanol–water partition coefficient (Wildman–Crippen LogP) is 0.439. The molecule has 1 amide bonds. The van der Waals surface area contributed by atoms with Crippen LogP contribution in [-0.4, -0.2) is 50.5 Å². The molecular weight excluding hydrogens is 280 g/mol. The number of sulfonamides is 1. The van der Waals surface area contributed by atoms with E-state index in [0.29, 0.717) is 18.5 Å². The molecule has 0 spiro atoms. The fraction of sp³-hybridized carbons (Fsp3) is 0.462. The van der Waals surface area contributed by atoms with E-state index in [1.807, 2.05) is 0 Å². The molecule has 0 atom stereocenters. The van der Waals surface area contributed by atoms with Crippen molar-refractivity contribution in [2.45, 2.75) is 18.2 Å². The van der Waals surface area contributed by atoms with Crippen LogP contribution < -0.4 is 5.32 Å². The molecule has 0 aromatic heterocycles. The topological polar surface area (TPSA) is 86.7 Å². The molecule has 0 radical (unpaired) electrons. The maximum atomic E-state index is 12.4. The lowest BCUT2D eigenvalue weighted by Crippen LogP contribution is -2.32. The molecule has 1 aromatic rings. The van der Waals surface area contributed by atoms with Crippen molar-refractivity contribution in [3.8, 4) is 0 Å². The lowest BCUT2D eigenvalue weighted by molar-refractivity contribution is 0.0963. The number of nitrogens with one attached hydrogen (secondary N) is 1. The minimum Gasteiger partial charge on any atom is -0.396 e. The van der Waals surface area contributed by atoms with Crippen molar-refractivity contribution < 1.29 is 18.3 Å². The van der Waals surface area contributed by atoms with Crippen LogP contribution in [0.1, 0.15) is 23.7 Å². The van der Waals surface area contributed by atoms with Gasteiger partial charge in [0.15, 0.2) is 0 Å². The average Bonchev–Trinajstić information content (AvgIpc) is 2.47. The first-order valence-corrected chi connectivity index (χ1v) is 7.84. The van der Waals surface area contributed by atoms with Crippen molar-refractivity contribution in [2.75, 3.05) is 26.7 Å². The Labute approximate surface area is 119 Å². The van der Waals surface area contributed by atoms with Crippen LogP contribution in [0.5, 0.6) is 0 Å². The van der Waals surface area contributed by atoms with E-state index in [-0.39, 0.29) is 24.0 Å². The molecule has 0 aliphatic carbocycles. The zero-order chi connectivity index (χ0) is 15.2. The smallest absolute Gasteiger partial charge is 0.251 e. The minimum absolute atomic E-state index is 0.0539. The minimum atomic E-state index is -3.58. The zero-order valence-corrected chi connectivity index (χ0v) is 12.5. The Bertz CT molecular complexity index is 540. The molecule has 20 heavy (non-hydrogen) atoms. The van der Waals surface area contributed by atoms with Gasteiger partial charge in [-0.2, -0.15) is 4.31 Å². The highest BCUT2D eigenvalue weighted by Crippen LogP contribution is 2.16. The molecule has 0 saturated heterocycles. The maximum Gasteiger partial charge on any atom is 0.251 e. The van der Waals surface area contributed by atoms with E-state index < -0.39 is 10.0 Å². The second-order valence-corrected chi connectivity index (χ2v) is 6.12. The first kappa shape index (κ1) is 16.6. The number of aliphatic hydroxyl groups is 1. The molecule has 6 nitrogen and oxygen atoms in total. The van der Waals surface area contributed by atoms with E-state index in [2.05, 4.69) is 5.32 Å². The van der Waals surface area contributed by atoms with Crippen LogP contribution >= 0.6 is 0 Å². The highest BCUT2D eigenvalue weighted by molar-refractivity contribution is 7.89. The third kappa shape index (κ3) is 3.78. The van der Waals surface area contributed by atoms with Crippen molar-refractivity contribution >= 4 is 15.9 Å². The number of nitrogens with zero attached hydrogens (tertiary/aromatic N) is 1. The fourth-order valence-corrected chi connectivity index (χ4v) is 3.25. The summed E-state index contributed by atoms with van der Waals surface area (Å²) >= 11 is 0. The molecule has 0 bridgehead atoms. The number of carbonyl (C=O) groups excluding carboxylic acids is 1. The summed E-state index contributed by atoms with van der Waals surface area (Å²) in [7, 11) is -2.07. The Balaban J connectivity index is 2.99. The summed E-state index contributed by atoms with van der Waals surface area (Å²) in [5.74, 6) is -0.262. The van der Waals surface area contributed by atoms with Crippen LogP contribution in [0.4, 0.5) is 0 Å². The molecule has 0 aliphatic rings. The average molecular weight is 300 g/mol. The quantitative estimate of drug-likeness (QED) is 0.765. The van der Waals surface area contributed by atoms with Crippen LogP contribution in [0.25, 0.3) is 0 Å². The van der Waals surface area contributed by atoms with Gasteiger partial charge in [0.25, 0.3) is 5.91 Å². The third-order valence-corrected chi connectivity index (χ3v) is 4.89. The Morgan fingerprint density at radius 1 is 1.30 bits per heavy atom. The van der Waals surface area contributed by atoms with E-state index >= 15 is 0 Å². The van der Waals surface area contributed by atoms with Gasteiger partial charge < -0.3 is 10.4 Å². The summed E-state index contributed by atoms with van der Waals surface area (Å²) in [6.07, 6.45) is 0.392. The number of amides is 1. The second-order valence-electron chi connectivity index (χ2n) is 4.18. The number of hydrogen-bond acceptors (Lipinski definition) is 4. The molecule has 7 heteroatoms. The molecule has 0 heterocycles. The van der Waals surface area contributed by atoms with Crippen molar-refractivity contribution in [1.82, 2.24) is 9.62 Å². The Morgan fingerprint density at radius 3 is 2.35 bits per heavy atom. The van der Waals surface area contributed by atoms with Gasteiger partial charge in [-0.05, 0) is 30.7 Å². The van der Waals surface area contributed by atoms with Gasteiger partial charge in [-0.3, -0.25) is 4.79 Å². The molecule has 0 fully saturated rings. The Morgan fingerprint density at radius 2 is 1.90 bits per heavy atom. The molecule has 0 aliphatic heterocycles. The summed E-state index contributed by atoms with van der Waals surface area (Å²) in [5, 5.41) is 11.3. The first-order valence-electron chi connectivity index (χ1n) is 6.40. The molecule has 1 rings (SSSR count). The summed E-state index contributed by atoms with van der Waals surface area (Å²) in [6, 6.07) is 5.79. The summed E-state index contributed by atoms with van der Waals surface area (Å²) < 4.78 is 26.0. The standard InChI is InChI=1S/C13H20N2O4S/c1-3-15(9-4-10-16)20(18,19)12-7-5-11(6-8-12)13(17)14-2/h5-8,16H,3-4,9-10H2,1-2H3,(H,14,17). The Hall–Kier alpha value is -1.44. The zero-order valence-electron chi connectivity index (χ0n) is 11.7. The summed E-state index contributed by atoms with van der Waals surface area (Å²) in [5.41, 5.74) is 0.407. The van der Waals surface area contributed by atoms with E-state index in [1.54, 1.807) is 6.92 Å². The van der Waals surface area contributed by atoms with Crippen molar-refractivity contribution in [2.24, 2.45) is 0 Å². The van der Waals surface area contributed by atoms with Gasteiger partial charge >= 0.3 is 0 Å². The van der Waals surface area contributed by atoms with E-state index in [9.17, 15) is 13.2 Å². The first-order chi connectivity index (χ1) is 9.47. The fourth-order valence-electron chi connectivity index (χ4n) is 1.77. The van der Waals surface area contributed by atoms with Crippen LogP contribution in [0, 0.1) is 0 Å². The van der Waals surface area contributed by atoms with Crippen molar-refractivity contribution in [3.63, 3.8) is 0 Å². The van der Waals surface area contributed by atoms with Gasteiger partial charge in [-0.1, -0.05) is 6.92 Å². The molecule has 112 valence electrons. The molecule has 0 unspecified atom stereocenters. The number of benzene rings is 1. The van der Waals surface area contributed by atoms with E-state index in [0.717, 1.165) is 0 Å². The summed E-state index contributed by atoms with van der Waals surface area (Å²) in [4.78, 5) is 11.6. The van der Waals surface area contributed by atoms with Crippen molar-refractivity contribution in [3.05, 3.63) is 29.8 Å². The predicted molar refractivity (Wildman–Crippen MR) is 76.0 cm³/mol. The van der Waals surface area contributed by atoms with Crippen LogP contribution in [0.15, 0.2) is 29.2 Å². The van der Waals surface area contributed by atoms with Gasteiger partial charge in [-0.15, -0.1) is 0 Å². The van der Waals surface area contributed by atoms with E-state index in [1.165, 1.54) is 35.6 Å². The highest BCUT2D eigenvalue weighted by atomic mass is 32.2. The number of rotatable bonds is 7. The molecule has 0 saturated carbocycles. The number of hydrogen-bond donors (Lipinski definition) is 2. The lowest BCUT2D eigenvalue weighted by Gasteiger charge is -2.20. The van der Waals surface area contributed by atoms with Gasteiger partial charge in [-0.25, -0.2) is 8.42 Å². The largest absolute Gasteiger partial charge is 0.396 e. The van der Waals surface area contributed by atoms with Crippen LogP contribution in [-0.2, 0) is 10.0 Å². The molecule has 2 N–H and O–H groups in total. The number of aliphatic hydroxyl groups excluding tert-OH is 1. The summed E-state index contributed by atoms with van der Waals surface area (Å²) in [6.45, 7) is 2.29. The van der Waals surface area contributed by atoms with Gasteiger partial charge in [0.05, 0.1) is 4.90 Å². The third-order valence-electron chi connectivity index (χ3n) is 2.90. The van der Waals surface area contributed by atoms with E-state index in [4.69, 9.17) is 5.11 Å². The molecule has 1 aromatic carbocycles. The normalized spacial score (nSPS) is 11.6. The Kier molecular flexibility index (Phi) is 6.12. The SMILES string of the molecule is CCN(CCCO)S(=O)(=O)c1ccc(C(=O)NC)cc1. The molecular formula is C13H20N2O4S. The second kappa shape index (κ2) is 7.37. The number of carbonyl (C=O) groups is 1. The maximum absolute atomic E-state index is 12.4.